The summed E-state index contributed by atoms with van der Waals surface area (Å²) in [7, 11) is 3.27. The summed E-state index contributed by atoms with van der Waals surface area (Å²) in [6.07, 6.45) is 3.48. The van der Waals surface area contributed by atoms with E-state index in [0.717, 1.165) is 46.4 Å². The number of nitrogens with zero attached hydrogens (tertiary/aromatic N) is 1. The lowest BCUT2D eigenvalue weighted by Crippen LogP contribution is -2.37. The standard InChI is InChI=1S/C23H26N2O5/c1-4-29-22-11-17-15(9-21(22)28-3)7-8-25(14-26)20(17)13-30-23-12-24-19-6-5-16(27-2)10-18(19)23/h5-6,9-12,14,20,24H,4,7-8,13H2,1-3H3. The second kappa shape index (κ2) is 8.57. The molecule has 1 aromatic heterocycles. The lowest BCUT2D eigenvalue weighted by Gasteiger charge is -2.35. The molecule has 1 aliphatic heterocycles. The van der Waals surface area contributed by atoms with Gasteiger partial charge >= 0.3 is 0 Å². The zero-order valence-electron chi connectivity index (χ0n) is 17.4. The van der Waals surface area contributed by atoms with Crippen LogP contribution in [0.15, 0.2) is 36.5 Å². The molecule has 2 aromatic carbocycles. The fourth-order valence-corrected chi connectivity index (χ4v) is 3.96. The number of aromatic amines is 1. The molecule has 7 nitrogen and oxygen atoms in total. The molecule has 0 aliphatic carbocycles. The van der Waals surface area contributed by atoms with Gasteiger partial charge in [0, 0.05) is 23.6 Å². The quantitative estimate of drug-likeness (QED) is 0.573. The number of carbonyl (C=O) groups excluding carboxylic acids is 1. The maximum absolute atomic E-state index is 11.8. The van der Waals surface area contributed by atoms with Crippen molar-refractivity contribution >= 4 is 17.3 Å². The van der Waals surface area contributed by atoms with E-state index in [4.69, 9.17) is 18.9 Å². The summed E-state index contributed by atoms with van der Waals surface area (Å²) in [6, 6.07) is 9.55. The fraction of sp³-hybridized carbons (Fsp3) is 0.348. The summed E-state index contributed by atoms with van der Waals surface area (Å²) in [6.45, 7) is 3.42. The number of carbonyl (C=O) groups is 1. The first kappa shape index (κ1) is 19.9. The van der Waals surface area contributed by atoms with E-state index in [1.807, 2.05) is 43.5 Å². The van der Waals surface area contributed by atoms with Gasteiger partial charge in [-0.05, 0) is 54.8 Å². The first-order chi connectivity index (χ1) is 14.7. The number of rotatable bonds is 8. The second-order valence-corrected chi connectivity index (χ2v) is 7.12. The molecule has 3 aromatic rings. The van der Waals surface area contributed by atoms with Crippen LogP contribution in [0.25, 0.3) is 10.9 Å². The zero-order valence-corrected chi connectivity index (χ0v) is 17.4. The van der Waals surface area contributed by atoms with Gasteiger partial charge in [0.1, 0.15) is 18.1 Å². The maximum Gasteiger partial charge on any atom is 0.210 e. The van der Waals surface area contributed by atoms with Gasteiger partial charge in [-0.2, -0.15) is 0 Å². The van der Waals surface area contributed by atoms with Crippen LogP contribution < -0.4 is 18.9 Å². The molecule has 0 fully saturated rings. The molecule has 1 unspecified atom stereocenters. The van der Waals surface area contributed by atoms with Crippen LogP contribution >= 0.6 is 0 Å². The Morgan fingerprint density at radius 3 is 2.70 bits per heavy atom. The average Bonchev–Trinajstić information content (AvgIpc) is 3.19. The number of benzene rings is 2. The number of aromatic nitrogens is 1. The highest BCUT2D eigenvalue weighted by atomic mass is 16.5. The Morgan fingerprint density at radius 1 is 1.10 bits per heavy atom. The molecule has 1 aliphatic rings. The molecule has 4 rings (SSSR count). The lowest BCUT2D eigenvalue weighted by molar-refractivity contribution is -0.121. The zero-order chi connectivity index (χ0) is 21.1. The minimum Gasteiger partial charge on any atom is -0.497 e. The van der Waals surface area contributed by atoms with E-state index in [0.29, 0.717) is 31.3 Å². The van der Waals surface area contributed by atoms with Gasteiger partial charge in [0.05, 0.1) is 26.9 Å². The average molecular weight is 410 g/mol. The fourth-order valence-electron chi connectivity index (χ4n) is 3.96. The molecule has 30 heavy (non-hydrogen) atoms. The summed E-state index contributed by atoms with van der Waals surface area (Å²) < 4.78 is 22.8. The van der Waals surface area contributed by atoms with Crippen molar-refractivity contribution in [2.75, 3.05) is 34.0 Å². The molecule has 1 atom stereocenters. The SMILES string of the molecule is CCOc1cc2c(cc1OC)CCN(C=O)C2COc1c[nH]c2ccc(OC)cc12. The van der Waals surface area contributed by atoms with Crippen LogP contribution in [-0.2, 0) is 11.2 Å². The number of amides is 1. The van der Waals surface area contributed by atoms with E-state index >= 15 is 0 Å². The third kappa shape index (κ3) is 3.63. The molecular formula is C23H26N2O5. The summed E-state index contributed by atoms with van der Waals surface area (Å²) in [5, 5.41) is 0.938. The van der Waals surface area contributed by atoms with Crippen molar-refractivity contribution in [2.24, 2.45) is 0 Å². The van der Waals surface area contributed by atoms with Crippen LogP contribution in [0.3, 0.4) is 0 Å². The lowest BCUT2D eigenvalue weighted by atomic mass is 9.92. The van der Waals surface area contributed by atoms with Gasteiger partial charge in [0.25, 0.3) is 0 Å². The van der Waals surface area contributed by atoms with E-state index in [-0.39, 0.29) is 6.04 Å². The Balaban J connectivity index is 1.65. The number of hydrogen-bond acceptors (Lipinski definition) is 5. The minimum absolute atomic E-state index is 0.216. The number of ether oxygens (including phenoxy) is 4. The van der Waals surface area contributed by atoms with Crippen LogP contribution in [-0.4, -0.2) is 50.3 Å². The van der Waals surface area contributed by atoms with E-state index in [9.17, 15) is 4.79 Å². The van der Waals surface area contributed by atoms with E-state index in [1.54, 1.807) is 19.1 Å². The molecule has 0 bridgehead atoms. The smallest absolute Gasteiger partial charge is 0.210 e. The predicted molar refractivity (Wildman–Crippen MR) is 114 cm³/mol. The Kier molecular flexibility index (Phi) is 5.70. The van der Waals surface area contributed by atoms with Crippen molar-refractivity contribution < 1.29 is 23.7 Å². The van der Waals surface area contributed by atoms with Crippen molar-refractivity contribution in [3.63, 3.8) is 0 Å². The molecule has 7 heteroatoms. The number of H-pyrrole nitrogens is 1. The molecule has 0 saturated heterocycles. The van der Waals surface area contributed by atoms with Gasteiger partial charge in [0.15, 0.2) is 11.5 Å². The van der Waals surface area contributed by atoms with Gasteiger partial charge < -0.3 is 28.8 Å². The molecule has 0 saturated carbocycles. The van der Waals surface area contributed by atoms with Crippen molar-refractivity contribution in [1.29, 1.82) is 0 Å². The molecule has 0 spiro atoms. The third-order valence-electron chi connectivity index (χ3n) is 5.51. The van der Waals surface area contributed by atoms with Gasteiger partial charge in [-0.1, -0.05) is 0 Å². The summed E-state index contributed by atoms with van der Waals surface area (Å²) >= 11 is 0. The number of hydrogen-bond donors (Lipinski definition) is 1. The van der Waals surface area contributed by atoms with Crippen molar-refractivity contribution in [1.82, 2.24) is 9.88 Å². The Bertz CT molecular complexity index is 1050. The number of nitrogens with one attached hydrogen (secondary N) is 1. The predicted octanol–water partition coefficient (Wildman–Crippen LogP) is 3.72. The van der Waals surface area contributed by atoms with Crippen molar-refractivity contribution in [2.45, 2.75) is 19.4 Å². The Hall–Kier alpha value is -3.35. The first-order valence-corrected chi connectivity index (χ1v) is 10.0. The Labute approximate surface area is 175 Å². The topological polar surface area (TPSA) is 73.0 Å². The molecule has 1 amide bonds. The number of fused-ring (bicyclic) bond motifs is 2. The monoisotopic (exact) mass is 410 g/mol. The highest BCUT2D eigenvalue weighted by molar-refractivity contribution is 5.87. The van der Waals surface area contributed by atoms with Gasteiger partial charge in [-0.15, -0.1) is 0 Å². The van der Waals surface area contributed by atoms with Crippen molar-refractivity contribution in [3.8, 4) is 23.0 Å². The first-order valence-electron chi connectivity index (χ1n) is 10.0. The van der Waals surface area contributed by atoms with Crippen LogP contribution in [0.5, 0.6) is 23.0 Å². The van der Waals surface area contributed by atoms with Crippen LogP contribution in [0.2, 0.25) is 0 Å². The summed E-state index contributed by atoms with van der Waals surface area (Å²) in [4.78, 5) is 16.8. The largest absolute Gasteiger partial charge is 0.497 e. The second-order valence-electron chi connectivity index (χ2n) is 7.12. The molecule has 1 N–H and O–H groups in total. The molecule has 0 radical (unpaired) electrons. The van der Waals surface area contributed by atoms with Crippen molar-refractivity contribution in [3.05, 3.63) is 47.7 Å². The van der Waals surface area contributed by atoms with Gasteiger partial charge in [0.2, 0.25) is 6.41 Å². The highest BCUT2D eigenvalue weighted by Gasteiger charge is 2.29. The Morgan fingerprint density at radius 2 is 1.97 bits per heavy atom. The van der Waals surface area contributed by atoms with Gasteiger partial charge in [-0.25, -0.2) is 0 Å². The van der Waals surface area contributed by atoms with E-state index in [1.165, 1.54) is 0 Å². The molecule has 2 heterocycles. The normalized spacial score (nSPS) is 15.6. The minimum atomic E-state index is -0.216. The highest BCUT2D eigenvalue weighted by Crippen LogP contribution is 2.38. The van der Waals surface area contributed by atoms with Crippen LogP contribution in [0.4, 0.5) is 0 Å². The maximum atomic E-state index is 11.8. The molecule has 158 valence electrons. The summed E-state index contributed by atoms with van der Waals surface area (Å²) in [5.74, 6) is 2.87. The third-order valence-corrected chi connectivity index (χ3v) is 5.51. The van der Waals surface area contributed by atoms with Crippen LogP contribution in [0, 0.1) is 0 Å². The summed E-state index contributed by atoms with van der Waals surface area (Å²) in [5.41, 5.74) is 3.13. The van der Waals surface area contributed by atoms with E-state index in [2.05, 4.69) is 4.98 Å². The van der Waals surface area contributed by atoms with Crippen LogP contribution in [0.1, 0.15) is 24.1 Å². The molecular weight excluding hydrogens is 384 g/mol. The van der Waals surface area contributed by atoms with E-state index < -0.39 is 0 Å². The van der Waals surface area contributed by atoms with Gasteiger partial charge in [-0.3, -0.25) is 4.79 Å². The number of methoxy groups -OCH3 is 2.